The standard InChI is InChI=1S/C12H9F3N2O4/c13-12(14,15)8-3-7-6(4-16-8)9(18)21-11(7)1-2-17(5-11)10(19)20/h3-4H,1-2,5H2,(H,19,20)/p-1. The Bertz CT molecular complexity index is 646. The average molecular weight is 301 g/mol. The van der Waals surface area contributed by atoms with Crippen LogP contribution in [0.5, 0.6) is 0 Å². The molecule has 0 saturated carbocycles. The molecule has 0 radical (unpaired) electrons. The number of halogens is 3. The topological polar surface area (TPSA) is 82.6 Å². The van der Waals surface area contributed by atoms with E-state index in [0.29, 0.717) is 0 Å². The largest absolute Gasteiger partial charge is 0.530 e. The predicted octanol–water partition coefficient (Wildman–Crippen LogP) is 0.515. The van der Waals surface area contributed by atoms with E-state index in [2.05, 4.69) is 4.98 Å². The van der Waals surface area contributed by atoms with Gasteiger partial charge in [0.05, 0.1) is 12.1 Å². The predicted molar refractivity (Wildman–Crippen MR) is 57.9 cm³/mol. The SMILES string of the molecule is O=C1OC2(CCN(C(=O)[O-])C2)c2cc(C(F)(F)F)ncc21. The molecule has 1 atom stereocenters. The van der Waals surface area contributed by atoms with Gasteiger partial charge in [0.15, 0.2) is 5.60 Å². The monoisotopic (exact) mass is 301 g/mol. The number of carbonyl (C=O) groups excluding carboxylic acids is 2. The number of pyridine rings is 1. The number of amides is 1. The Labute approximate surface area is 116 Å². The molecule has 3 rings (SSSR count). The van der Waals surface area contributed by atoms with E-state index in [4.69, 9.17) is 4.74 Å². The maximum absolute atomic E-state index is 12.7. The second-order valence-electron chi connectivity index (χ2n) is 4.93. The number of esters is 1. The highest BCUT2D eigenvalue weighted by Crippen LogP contribution is 2.44. The minimum absolute atomic E-state index is 0.0265. The Morgan fingerprint density at radius 2 is 2.19 bits per heavy atom. The summed E-state index contributed by atoms with van der Waals surface area (Å²) < 4.78 is 43.3. The molecule has 6 nitrogen and oxygen atoms in total. The van der Waals surface area contributed by atoms with E-state index in [1.165, 1.54) is 0 Å². The Morgan fingerprint density at radius 1 is 1.48 bits per heavy atom. The molecule has 1 aromatic rings. The van der Waals surface area contributed by atoms with Crippen molar-refractivity contribution >= 4 is 12.1 Å². The first kappa shape index (κ1) is 13.7. The van der Waals surface area contributed by atoms with Gasteiger partial charge in [0.1, 0.15) is 11.8 Å². The van der Waals surface area contributed by atoms with Gasteiger partial charge in [-0.1, -0.05) is 0 Å². The van der Waals surface area contributed by atoms with Crippen LogP contribution in [0, 0.1) is 0 Å². The molecule has 2 aliphatic rings. The highest BCUT2D eigenvalue weighted by molar-refractivity contribution is 5.94. The van der Waals surface area contributed by atoms with E-state index in [1.807, 2.05) is 0 Å². The molecule has 0 aromatic carbocycles. The van der Waals surface area contributed by atoms with Gasteiger partial charge in [0.25, 0.3) is 0 Å². The van der Waals surface area contributed by atoms with Gasteiger partial charge in [0, 0.05) is 24.7 Å². The third-order valence-electron chi connectivity index (χ3n) is 3.68. The number of hydrogen-bond acceptors (Lipinski definition) is 5. The summed E-state index contributed by atoms with van der Waals surface area (Å²) in [5.41, 5.74) is -2.57. The minimum atomic E-state index is -4.66. The Hall–Kier alpha value is -2.32. The summed E-state index contributed by atoms with van der Waals surface area (Å²) in [7, 11) is 0. The van der Waals surface area contributed by atoms with Crippen molar-refractivity contribution in [3.05, 3.63) is 29.1 Å². The molecule has 1 aromatic heterocycles. The lowest BCUT2D eigenvalue weighted by molar-refractivity contribution is -0.265. The number of ether oxygens (including phenoxy) is 1. The third kappa shape index (κ3) is 1.99. The number of carbonyl (C=O) groups is 2. The number of rotatable bonds is 0. The van der Waals surface area contributed by atoms with Crippen molar-refractivity contribution in [2.45, 2.75) is 18.2 Å². The third-order valence-corrected chi connectivity index (χ3v) is 3.68. The lowest BCUT2D eigenvalue weighted by Gasteiger charge is -2.25. The number of likely N-dealkylation sites (tertiary alicyclic amines) is 1. The van der Waals surface area contributed by atoms with Gasteiger partial charge < -0.3 is 19.5 Å². The number of carboxylic acid groups (broad SMARTS) is 1. The number of nitrogens with zero attached hydrogens (tertiary/aromatic N) is 2. The molecule has 9 heteroatoms. The first-order chi connectivity index (χ1) is 9.73. The van der Waals surface area contributed by atoms with Crippen molar-refractivity contribution < 1.29 is 32.6 Å². The van der Waals surface area contributed by atoms with Gasteiger partial charge in [-0.25, -0.2) is 4.79 Å². The number of aromatic nitrogens is 1. The fourth-order valence-corrected chi connectivity index (χ4v) is 2.68. The van der Waals surface area contributed by atoms with Crippen LogP contribution in [-0.2, 0) is 16.5 Å². The molecular formula is C12H8F3N2O4-. The molecule has 1 spiro atoms. The van der Waals surface area contributed by atoms with E-state index in [9.17, 15) is 27.9 Å². The zero-order chi connectivity index (χ0) is 15.4. The molecular weight excluding hydrogens is 293 g/mol. The Kier molecular flexibility index (Phi) is 2.66. The van der Waals surface area contributed by atoms with Crippen LogP contribution in [0.2, 0.25) is 0 Å². The van der Waals surface area contributed by atoms with Crippen LogP contribution in [0.3, 0.4) is 0 Å². The summed E-state index contributed by atoms with van der Waals surface area (Å²) in [6.45, 7) is -0.214. The second-order valence-corrected chi connectivity index (χ2v) is 4.93. The summed E-state index contributed by atoms with van der Waals surface area (Å²) in [5.74, 6) is -0.800. The van der Waals surface area contributed by atoms with Crippen molar-refractivity contribution in [3.8, 4) is 0 Å². The van der Waals surface area contributed by atoms with Crippen LogP contribution in [0.15, 0.2) is 12.3 Å². The van der Waals surface area contributed by atoms with E-state index in [-0.39, 0.29) is 30.6 Å². The normalized spacial score (nSPS) is 24.3. The second kappa shape index (κ2) is 4.09. The van der Waals surface area contributed by atoms with E-state index in [1.54, 1.807) is 0 Å². The van der Waals surface area contributed by atoms with Gasteiger partial charge >= 0.3 is 12.1 Å². The molecule has 2 aliphatic heterocycles. The first-order valence-corrected chi connectivity index (χ1v) is 6.00. The summed E-state index contributed by atoms with van der Waals surface area (Å²) >= 11 is 0. The number of fused-ring (bicyclic) bond motifs is 2. The zero-order valence-electron chi connectivity index (χ0n) is 10.4. The minimum Gasteiger partial charge on any atom is -0.530 e. The van der Waals surface area contributed by atoms with Crippen molar-refractivity contribution in [1.82, 2.24) is 9.88 Å². The van der Waals surface area contributed by atoms with Crippen LogP contribution >= 0.6 is 0 Å². The van der Waals surface area contributed by atoms with Crippen LogP contribution < -0.4 is 5.11 Å². The number of alkyl halides is 3. The fourth-order valence-electron chi connectivity index (χ4n) is 2.68. The summed E-state index contributed by atoms with van der Waals surface area (Å²) in [5, 5.41) is 10.8. The summed E-state index contributed by atoms with van der Waals surface area (Å²) in [4.78, 5) is 26.7. The molecule has 0 N–H and O–H groups in total. The first-order valence-electron chi connectivity index (χ1n) is 6.00. The lowest BCUT2D eigenvalue weighted by atomic mass is 9.92. The van der Waals surface area contributed by atoms with Crippen LogP contribution in [-0.4, -0.2) is 35.0 Å². The molecule has 1 saturated heterocycles. The van der Waals surface area contributed by atoms with Gasteiger partial charge in [-0.05, 0) is 6.07 Å². The van der Waals surface area contributed by atoms with Gasteiger partial charge in [-0.15, -0.1) is 0 Å². The highest BCUT2D eigenvalue weighted by Gasteiger charge is 2.51. The van der Waals surface area contributed by atoms with Gasteiger partial charge in [0.2, 0.25) is 0 Å². The van der Waals surface area contributed by atoms with Gasteiger partial charge in [-0.3, -0.25) is 4.98 Å². The maximum atomic E-state index is 12.7. The molecule has 3 heterocycles. The molecule has 21 heavy (non-hydrogen) atoms. The van der Waals surface area contributed by atoms with Crippen molar-refractivity contribution in [2.24, 2.45) is 0 Å². The summed E-state index contributed by atoms with van der Waals surface area (Å²) in [6.07, 6.45) is -5.21. The lowest BCUT2D eigenvalue weighted by Crippen LogP contribution is -2.42. The van der Waals surface area contributed by atoms with Crippen molar-refractivity contribution in [2.75, 3.05) is 13.1 Å². The van der Waals surface area contributed by atoms with Crippen LogP contribution in [0.4, 0.5) is 18.0 Å². The molecule has 112 valence electrons. The molecule has 1 unspecified atom stereocenters. The molecule has 1 amide bonds. The maximum Gasteiger partial charge on any atom is 0.433 e. The Balaban J connectivity index is 2.06. The van der Waals surface area contributed by atoms with Gasteiger partial charge in [-0.2, -0.15) is 13.2 Å². The quantitative estimate of drug-likeness (QED) is 0.652. The van der Waals surface area contributed by atoms with Crippen LogP contribution in [0.25, 0.3) is 0 Å². The van der Waals surface area contributed by atoms with Crippen LogP contribution in [0.1, 0.15) is 28.0 Å². The van der Waals surface area contributed by atoms with E-state index >= 15 is 0 Å². The molecule has 0 aliphatic carbocycles. The smallest absolute Gasteiger partial charge is 0.433 e. The van der Waals surface area contributed by atoms with Crippen molar-refractivity contribution in [3.63, 3.8) is 0 Å². The van der Waals surface area contributed by atoms with Crippen molar-refractivity contribution in [1.29, 1.82) is 0 Å². The number of hydrogen-bond donors (Lipinski definition) is 0. The Morgan fingerprint density at radius 3 is 2.76 bits per heavy atom. The van der Waals surface area contributed by atoms with E-state index in [0.717, 1.165) is 17.2 Å². The molecule has 1 fully saturated rings. The summed E-state index contributed by atoms with van der Waals surface area (Å²) in [6, 6.07) is 0.749. The average Bonchev–Trinajstić information content (AvgIpc) is 2.93. The zero-order valence-corrected chi connectivity index (χ0v) is 10.4. The fraction of sp³-hybridized carbons (Fsp3) is 0.417. The highest BCUT2D eigenvalue weighted by atomic mass is 19.4. The molecule has 0 bridgehead atoms. The van der Waals surface area contributed by atoms with E-state index < -0.39 is 29.5 Å².